The first-order chi connectivity index (χ1) is 6.56. The highest BCUT2D eigenvalue weighted by atomic mass is 19.3. The predicted octanol–water partition coefficient (Wildman–Crippen LogP) is 2.03. The third-order valence-corrected chi connectivity index (χ3v) is 1.58. The van der Waals surface area contributed by atoms with Crippen LogP contribution in [0.4, 0.5) is 8.78 Å². The number of nitrogens with zero attached hydrogens (tertiary/aromatic N) is 1. The molecular weight excluding hydrogens is 192 g/mol. The van der Waals surface area contributed by atoms with Crippen molar-refractivity contribution in [2.75, 3.05) is 0 Å². The van der Waals surface area contributed by atoms with E-state index in [1.54, 1.807) is 12.1 Å². The Morgan fingerprint density at radius 3 is 2.79 bits per heavy atom. The largest absolute Gasteiger partial charge is 0.403 e. The number of hydrogen-bond acceptors (Lipinski definition) is 3. The molecule has 0 aliphatic heterocycles. The van der Waals surface area contributed by atoms with E-state index in [0.717, 1.165) is 0 Å². The summed E-state index contributed by atoms with van der Waals surface area (Å²) in [5, 5.41) is 0. The Labute approximate surface area is 79.7 Å². The molecule has 0 amide bonds. The van der Waals surface area contributed by atoms with Gasteiger partial charge in [-0.05, 0) is 6.07 Å². The molecule has 0 aliphatic carbocycles. The van der Waals surface area contributed by atoms with Crippen molar-refractivity contribution in [1.82, 2.24) is 4.98 Å². The van der Waals surface area contributed by atoms with Gasteiger partial charge in [-0.3, -0.25) is 0 Å². The highest BCUT2D eigenvalue weighted by molar-refractivity contribution is 5.79. The fourth-order valence-electron chi connectivity index (χ4n) is 0.721. The summed E-state index contributed by atoms with van der Waals surface area (Å²) in [6.45, 7) is 1.21. The van der Waals surface area contributed by atoms with Gasteiger partial charge in [-0.2, -0.15) is 8.78 Å². The monoisotopic (exact) mass is 201 g/mol. The Morgan fingerprint density at radius 2 is 2.29 bits per heavy atom. The van der Waals surface area contributed by atoms with Crippen LogP contribution in [0.3, 0.4) is 0 Å². The van der Waals surface area contributed by atoms with Crippen molar-refractivity contribution in [2.24, 2.45) is 0 Å². The number of pyridine rings is 1. The molecule has 0 bridgehead atoms. The second kappa shape index (κ2) is 4.13. The first-order valence-electron chi connectivity index (χ1n) is 4.07. The third kappa shape index (κ3) is 2.48. The first-order valence-corrected chi connectivity index (χ1v) is 4.07. The van der Waals surface area contributed by atoms with E-state index in [-0.39, 0.29) is 5.88 Å². The molecule has 0 saturated heterocycles. The molecule has 1 rings (SSSR count). The van der Waals surface area contributed by atoms with Crippen molar-refractivity contribution in [1.29, 1.82) is 0 Å². The van der Waals surface area contributed by atoms with E-state index in [1.165, 1.54) is 19.2 Å². The van der Waals surface area contributed by atoms with Crippen molar-refractivity contribution in [3.8, 4) is 5.88 Å². The number of hydrogen-bond donors (Lipinski definition) is 0. The van der Waals surface area contributed by atoms with E-state index in [0.29, 0.717) is 0 Å². The van der Waals surface area contributed by atoms with Crippen LogP contribution in [-0.2, 0) is 4.79 Å². The molecule has 0 N–H and O–H groups in total. The van der Waals surface area contributed by atoms with Crippen LogP contribution in [0, 0.1) is 0 Å². The molecule has 0 aromatic carbocycles. The Bertz CT molecular complexity index is 314. The van der Waals surface area contributed by atoms with Gasteiger partial charge in [0.05, 0.1) is 0 Å². The van der Waals surface area contributed by atoms with Crippen LogP contribution in [0.5, 0.6) is 5.88 Å². The van der Waals surface area contributed by atoms with Gasteiger partial charge in [0.1, 0.15) is 0 Å². The van der Waals surface area contributed by atoms with Crippen LogP contribution in [0.15, 0.2) is 24.4 Å². The normalized spacial score (nSPS) is 11.1. The summed E-state index contributed by atoms with van der Waals surface area (Å²) in [6, 6.07) is 4.47. The minimum absolute atomic E-state index is 0.120. The van der Waals surface area contributed by atoms with Crippen molar-refractivity contribution >= 4 is 5.97 Å². The highest BCUT2D eigenvalue weighted by Crippen LogP contribution is 2.20. The summed E-state index contributed by atoms with van der Waals surface area (Å²) in [5.41, 5.74) is 0. The molecule has 0 aliphatic rings. The average Bonchev–Trinajstić information content (AvgIpc) is 2.19. The number of alkyl halides is 2. The van der Waals surface area contributed by atoms with Gasteiger partial charge in [-0.25, -0.2) is 9.78 Å². The van der Waals surface area contributed by atoms with Crippen LogP contribution in [0.1, 0.15) is 13.3 Å². The van der Waals surface area contributed by atoms with Crippen LogP contribution in [0.2, 0.25) is 0 Å². The maximum atomic E-state index is 12.7. The number of aromatic nitrogens is 1. The lowest BCUT2D eigenvalue weighted by Crippen LogP contribution is -2.32. The van der Waals surface area contributed by atoms with Gasteiger partial charge in [-0.1, -0.05) is 13.0 Å². The summed E-state index contributed by atoms with van der Waals surface area (Å²) in [5.74, 6) is -5.14. The van der Waals surface area contributed by atoms with Gasteiger partial charge >= 0.3 is 11.9 Å². The molecule has 1 heterocycles. The smallest absolute Gasteiger partial charge is 0.383 e. The van der Waals surface area contributed by atoms with E-state index >= 15 is 0 Å². The molecule has 14 heavy (non-hydrogen) atoms. The van der Waals surface area contributed by atoms with Gasteiger partial charge in [0.2, 0.25) is 5.88 Å². The van der Waals surface area contributed by atoms with Gasteiger partial charge in [0.25, 0.3) is 0 Å². The van der Waals surface area contributed by atoms with E-state index in [9.17, 15) is 13.6 Å². The molecule has 76 valence electrons. The minimum atomic E-state index is -3.45. The lowest BCUT2D eigenvalue weighted by atomic mass is 10.3. The lowest BCUT2D eigenvalue weighted by Gasteiger charge is -2.11. The van der Waals surface area contributed by atoms with Crippen molar-refractivity contribution in [2.45, 2.75) is 19.3 Å². The molecule has 5 heteroatoms. The SMILES string of the molecule is CCC(F)(F)C(=O)Oc1ccccn1. The molecule has 0 saturated carbocycles. The van der Waals surface area contributed by atoms with E-state index in [1.807, 2.05) is 0 Å². The number of ether oxygens (including phenoxy) is 1. The summed E-state index contributed by atoms with van der Waals surface area (Å²) in [4.78, 5) is 14.4. The predicted molar refractivity (Wildman–Crippen MR) is 45.1 cm³/mol. The third-order valence-electron chi connectivity index (χ3n) is 1.58. The fraction of sp³-hybridized carbons (Fsp3) is 0.333. The number of halogens is 2. The Balaban J connectivity index is 2.67. The van der Waals surface area contributed by atoms with E-state index in [2.05, 4.69) is 9.72 Å². The summed E-state index contributed by atoms with van der Waals surface area (Å²) >= 11 is 0. The summed E-state index contributed by atoms with van der Waals surface area (Å²) in [7, 11) is 0. The Hall–Kier alpha value is -1.52. The standard InChI is InChI=1S/C9H9F2NO2/c1-2-9(10,11)8(13)14-7-5-3-4-6-12-7/h3-6H,2H2,1H3. The van der Waals surface area contributed by atoms with Gasteiger partial charge in [0.15, 0.2) is 0 Å². The van der Waals surface area contributed by atoms with Gasteiger partial charge in [0, 0.05) is 18.7 Å². The Kier molecular flexibility index (Phi) is 3.11. The highest BCUT2D eigenvalue weighted by Gasteiger charge is 2.38. The maximum Gasteiger partial charge on any atom is 0.383 e. The Morgan fingerprint density at radius 1 is 1.57 bits per heavy atom. The van der Waals surface area contributed by atoms with Crippen LogP contribution in [0.25, 0.3) is 0 Å². The quantitative estimate of drug-likeness (QED) is 0.702. The molecule has 0 radical (unpaired) electrons. The number of esters is 1. The van der Waals surface area contributed by atoms with Gasteiger partial charge < -0.3 is 4.74 Å². The molecule has 0 fully saturated rings. The minimum Gasteiger partial charge on any atom is -0.403 e. The molecule has 0 atom stereocenters. The van der Waals surface area contributed by atoms with Crippen LogP contribution >= 0.6 is 0 Å². The van der Waals surface area contributed by atoms with E-state index < -0.39 is 18.3 Å². The molecule has 1 aromatic rings. The van der Waals surface area contributed by atoms with E-state index in [4.69, 9.17) is 0 Å². The summed E-state index contributed by atoms with van der Waals surface area (Å²) < 4.78 is 29.8. The number of rotatable bonds is 3. The zero-order chi connectivity index (χ0) is 10.6. The first kappa shape index (κ1) is 10.6. The molecular formula is C9H9F2NO2. The number of carbonyl (C=O) groups excluding carboxylic acids is 1. The van der Waals surface area contributed by atoms with Crippen molar-refractivity contribution < 1.29 is 18.3 Å². The molecule has 1 aromatic heterocycles. The molecule has 3 nitrogen and oxygen atoms in total. The van der Waals surface area contributed by atoms with Crippen LogP contribution in [-0.4, -0.2) is 16.9 Å². The zero-order valence-electron chi connectivity index (χ0n) is 7.54. The fourth-order valence-corrected chi connectivity index (χ4v) is 0.721. The number of carbonyl (C=O) groups is 1. The molecule has 0 unspecified atom stereocenters. The molecule has 0 spiro atoms. The second-order valence-corrected chi connectivity index (χ2v) is 2.62. The topological polar surface area (TPSA) is 39.2 Å². The zero-order valence-corrected chi connectivity index (χ0v) is 7.54. The average molecular weight is 201 g/mol. The van der Waals surface area contributed by atoms with Crippen LogP contribution < -0.4 is 4.74 Å². The lowest BCUT2D eigenvalue weighted by molar-refractivity contribution is -0.162. The second-order valence-electron chi connectivity index (χ2n) is 2.62. The van der Waals surface area contributed by atoms with Crippen molar-refractivity contribution in [3.05, 3.63) is 24.4 Å². The summed E-state index contributed by atoms with van der Waals surface area (Å²) in [6.07, 6.45) is 0.769. The van der Waals surface area contributed by atoms with Crippen molar-refractivity contribution in [3.63, 3.8) is 0 Å². The maximum absolute atomic E-state index is 12.7. The van der Waals surface area contributed by atoms with Gasteiger partial charge in [-0.15, -0.1) is 0 Å².